The molecule has 1 aliphatic rings. The fraction of sp³-hybridized carbons (Fsp3) is 0.462. The molecule has 1 N–H and O–H groups in total. The van der Waals surface area contributed by atoms with E-state index in [1.807, 2.05) is 0 Å². The normalized spacial score (nSPS) is 24.4. The van der Waals surface area contributed by atoms with E-state index in [4.69, 9.17) is 4.74 Å². The number of ether oxygens (including phenoxy) is 1. The molecular weight excluding hydrogens is 282 g/mol. The first-order valence-electron chi connectivity index (χ1n) is 6.14. The van der Waals surface area contributed by atoms with Crippen molar-refractivity contribution in [2.24, 2.45) is 0 Å². The lowest BCUT2D eigenvalue weighted by molar-refractivity contribution is 0.0601. The molecule has 7 heteroatoms. The number of carbonyl (C=O) groups is 1. The number of esters is 1. The minimum Gasteiger partial charge on any atom is -0.465 e. The summed E-state index contributed by atoms with van der Waals surface area (Å²) in [5.74, 6) is -0.870. The fourth-order valence-electron chi connectivity index (χ4n) is 2.42. The Bertz CT molecular complexity index is 613. The lowest BCUT2D eigenvalue weighted by atomic mass is 10.1. The number of benzene rings is 1. The van der Waals surface area contributed by atoms with Gasteiger partial charge in [-0.25, -0.2) is 13.2 Å². The van der Waals surface area contributed by atoms with E-state index in [9.17, 15) is 18.3 Å². The maximum absolute atomic E-state index is 11.7. The average molecular weight is 299 g/mol. The largest absolute Gasteiger partial charge is 0.465 e. The lowest BCUT2D eigenvalue weighted by Crippen LogP contribution is -2.41. The van der Waals surface area contributed by atoms with Gasteiger partial charge in [-0.15, -0.1) is 0 Å². The van der Waals surface area contributed by atoms with Gasteiger partial charge in [-0.1, -0.05) is 12.1 Å². The molecule has 1 saturated heterocycles. The highest BCUT2D eigenvalue weighted by molar-refractivity contribution is 7.91. The monoisotopic (exact) mass is 299 g/mol. The summed E-state index contributed by atoms with van der Waals surface area (Å²) >= 11 is 0. The summed E-state index contributed by atoms with van der Waals surface area (Å²) in [6, 6.07) is 6.18. The second-order valence-electron chi connectivity index (χ2n) is 4.83. The quantitative estimate of drug-likeness (QED) is 0.795. The Hall–Kier alpha value is -1.60. The van der Waals surface area contributed by atoms with E-state index in [2.05, 4.69) is 0 Å². The summed E-state index contributed by atoms with van der Waals surface area (Å²) in [7, 11) is -0.295. The van der Waals surface area contributed by atoms with Gasteiger partial charge >= 0.3 is 5.97 Å². The van der Waals surface area contributed by atoms with E-state index in [1.165, 1.54) is 7.11 Å². The van der Waals surface area contributed by atoms with Crippen molar-refractivity contribution < 1.29 is 23.1 Å². The molecule has 0 spiro atoms. The molecule has 1 fully saturated rings. The molecule has 110 valence electrons. The van der Waals surface area contributed by atoms with Crippen molar-refractivity contribution in [1.29, 1.82) is 0 Å². The number of hydrogen-bond acceptors (Lipinski definition) is 6. The number of likely N-dealkylation sites (N-methyl/N-ethyl adjacent to an activating group) is 1. The van der Waals surface area contributed by atoms with Gasteiger partial charge in [-0.2, -0.15) is 0 Å². The van der Waals surface area contributed by atoms with Gasteiger partial charge in [0.15, 0.2) is 9.84 Å². The Morgan fingerprint density at radius 3 is 2.55 bits per heavy atom. The first-order valence-corrected chi connectivity index (χ1v) is 7.96. The van der Waals surface area contributed by atoms with Crippen molar-refractivity contribution in [3.05, 3.63) is 29.8 Å². The zero-order valence-corrected chi connectivity index (χ0v) is 12.1. The highest BCUT2D eigenvalue weighted by Crippen LogP contribution is 2.26. The number of para-hydroxylation sites is 1. The van der Waals surface area contributed by atoms with Crippen LogP contribution in [0.15, 0.2) is 24.3 Å². The molecule has 2 atom stereocenters. The van der Waals surface area contributed by atoms with Gasteiger partial charge in [0.2, 0.25) is 0 Å². The van der Waals surface area contributed by atoms with Crippen molar-refractivity contribution in [2.75, 3.05) is 30.6 Å². The third-order valence-electron chi connectivity index (χ3n) is 3.48. The summed E-state index contributed by atoms with van der Waals surface area (Å²) in [6.07, 6.45) is -0.962. The van der Waals surface area contributed by atoms with E-state index >= 15 is 0 Å². The molecule has 0 radical (unpaired) electrons. The summed E-state index contributed by atoms with van der Waals surface area (Å²) < 4.78 is 27.9. The van der Waals surface area contributed by atoms with Crippen LogP contribution in [0.3, 0.4) is 0 Å². The Labute approximate surface area is 117 Å². The van der Waals surface area contributed by atoms with Crippen molar-refractivity contribution in [2.45, 2.75) is 12.1 Å². The molecule has 20 heavy (non-hydrogen) atoms. The molecule has 1 aromatic rings. The van der Waals surface area contributed by atoms with Crippen LogP contribution in [0.1, 0.15) is 10.4 Å². The Morgan fingerprint density at radius 1 is 1.35 bits per heavy atom. The molecule has 0 aliphatic carbocycles. The molecule has 0 aromatic heterocycles. The molecule has 1 heterocycles. The number of hydrogen-bond donors (Lipinski definition) is 1. The Kier molecular flexibility index (Phi) is 4.01. The van der Waals surface area contributed by atoms with Crippen molar-refractivity contribution >= 4 is 21.5 Å². The van der Waals surface area contributed by atoms with Gasteiger partial charge in [0.1, 0.15) is 0 Å². The zero-order chi connectivity index (χ0) is 14.9. The lowest BCUT2D eigenvalue weighted by Gasteiger charge is -2.29. The summed E-state index contributed by atoms with van der Waals surface area (Å²) in [4.78, 5) is 13.4. The zero-order valence-electron chi connectivity index (χ0n) is 11.3. The molecule has 1 aromatic carbocycles. The van der Waals surface area contributed by atoms with E-state index in [1.54, 1.807) is 36.2 Å². The number of carbonyl (C=O) groups excluding carboxylic acids is 1. The van der Waals surface area contributed by atoms with Crippen molar-refractivity contribution in [3.8, 4) is 0 Å². The summed E-state index contributed by atoms with van der Waals surface area (Å²) in [5, 5.41) is 9.91. The third-order valence-corrected chi connectivity index (χ3v) is 5.18. The first-order chi connectivity index (χ1) is 9.35. The van der Waals surface area contributed by atoms with Gasteiger partial charge in [-0.3, -0.25) is 0 Å². The van der Waals surface area contributed by atoms with E-state index in [-0.39, 0.29) is 11.5 Å². The fourth-order valence-corrected chi connectivity index (χ4v) is 4.27. The van der Waals surface area contributed by atoms with E-state index < -0.39 is 28.0 Å². The molecule has 1 aliphatic heterocycles. The van der Waals surface area contributed by atoms with Crippen LogP contribution >= 0.6 is 0 Å². The molecule has 2 unspecified atom stereocenters. The van der Waals surface area contributed by atoms with E-state index in [0.29, 0.717) is 11.3 Å². The Balaban J connectivity index is 2.35. The van der Waals surface area contributed by atoms with Crippen LogP contribution in [-0.4, -0.2) is 57.3 Å². The van der Waals surface area contributed by atoms with Crippen LogP contribution in [-0.2, 0) is 14.6 Å². The Morgan fingerprint density at radius 2 is 2.00 bits per heavy atom. The molecule has 2 rings (SSSR count). The van der Waals surface area contributed by atoms with Crippen LogP contribution in [0.4, 0.5) is 5.69 Å². The number of aliphatic hydroxyl groups excluding tert-OH is 1. The van der Waals surface area contributed by atoms with Crippen molar-refractivity contribution in [1.82, 2.24) is 0 Å². The van der Waals surface area contributed by atoms with Gasteiger partial charge in [-0.05, 0) is 12.1 Å². The number of sulfone groups is 1. The second kappa shape index (κ2) is 5.41. The average Bonchev–Trinajstić information content (AvgIpc) is 2.70. The minimum atomic E-state index is -3.24. The van der Waals surface area contributed by atoms with Crippen LogP contribution in [0, 0.1) is 0 Å². The number of aliphatic hydroxyl groups is 1. The van der Waals surface area contributed by atoms with Gasteiger partial charge in [0.05, 0.1) is 42.0 Å². The smallest absolute Gasteiger partial charge is 0.339 e. The first kappa shape index (κ1) is 14.8. The van der Waals surface area contributed by atoms with Crippen molar-refractivity contribution in [3.63, 3.8) is 0 Å². The number of rotatable bonds is 3. The summed E-state index contributed by atoms with van der Waals surface area (Å²) in [5.41, 5.74) is 0.884. The number of anilines is 1. The van der Waals surface area contributed by atoms with Crippen LogP contribution < -0.4 is 4.90 Å². The topological polar surface area (TPSA) is 83.9 Å². The molecule has 0 bridgehead atoms. The number of methoxy groups -OCH3 is 1. The molecular formula is C13H17NO5S. The maximum atomic E-state index is 11.7. The molecule has 6 nitrogen and oxygen atoms in total. The SMILES string of the molecule is COC(=O)c1ccccc1N(C)C1CS(=O)(=O)CC1O. The highest BCUT2D eigenvalue weighted by Gasteiger charge is 2.39. The van der Waals surface area contributed by atoms with Gasteiger partial charge < -0.3 is 14.7 Å². The maximum Gasteiger partial charge on any atom is 0.339 e. The van der Waals surface area contributed by atoms with Crippen LogP contribution in [0.2, 0.25) is 0 Å². The predicted octanol–water partition coefficient (Wildman–Crippen LogP) is 0.0673. The van der Waals surface area contributed by atoms with Crippen LogP contribution in [0.25, 0.3) is 0 Å². The predicted molar refractivity (Wildman–Crippen MR) is 74.6 cm³/mol. The molecule has 0 saturated carbocycles. The minimum absolute atomic E-state index is 0.125. The second-order valence-corrected chi connectivity index (χ2v) is 6.99. The highest BCUT2D eigenvalue weighted by atomic mass is 32.2. The number of nitrogens with zero attached hydrogens (tertiary/aromatic N) is 1. The molecule has 0 amide bonds. The van der Waals surface area contributed by atoms with E-state index in [0.717, 1.165) is 0 Å². The third kappa shape index (κ3) is 2.78. The standard InChI is InChI=1S/C13H17NO5S/c1-14(11-7-20(17,18)8-12(11)15)10-6-4-3-5-9(10)13(16)19-2/h3-6,11-12,15H,7-8H2,1-2H3. The van der Waals surface area contributed by atoms with Gasteiger partial charge in [0.25, 0.3) is 0 Å². The van der Waals surface area contributed by atoms with Crippen LogP contribution in [0.5, 0.6) is 0 Å². The van der Waals surface area contributed by atoms with Gasteiger partial charge in [0, 0.05) is 7.05 Å². The summed E-state index contributed by atoms with van der Waals surface area (Å²) in [6.45, 7) is 0.